The predicted octanol–water partition coefficient (Wildman–Crippen LogP) is 2.29. The molecule has 17 heavy (non-hydrogen) atoms. The molecule has 4 heteroatoms. The number of fused-ring (bicyclic) bond motifs is 1. The van der Waals surface area contributed by atoms with Crippen LogP contribution in [0.2, 0.25) is 0 Å². The molecule has 2 unspecified atom stereocenters. The van der Waals surface area contributed by atoms with Gasteiger partial charge in [0.25, 0.3) is 0 Å². The van der Waals surface area contributed by atoms with Gasteiger partial charge in [0.1, 0.15) is 0 Å². The molecule has 0 aliphatic carbocycles. The van der Waals surface area contributed by atoms with Crippen LogP contribution >= 0.6 is 22.6 Å². The molecule has 92 valence electrons. The summed E-state index contributed by atoms with van der Waals surface area (Å²) >= 11 is 2.36. The van der Waals surface area contributed by atoms with E-state index in [9.17, 15) is 4.79 Å². The third kappa shape index (κ3) is 2.47. The van der Waals surface area contributed by atoms with Gasteiger partial charge in [-0.2, -0.15) is 0 Å². The molecule has 0 saturated heterocycles. The Kier molecular flexibility index (Phi) is 4.04. The zero-order valence-corrected chi connectivity index (χ0v) is 12.2. The lowest BCUT2D eigenvalue weighted by Crippen LogP contribution is -2.37. The van der Waals surface area contributed by atoms with Gasteiger partial charge in [-0.3, -0.25) is 4.79 Å². The minimum absolute atomic E-state index is 0.0703. The van der Waals surface area contributed by atoms with E-state index in [4.69, 9.17) is 4.74 Å². The van der Waals surface area contributed by atoms with E-state index >= 15 is 0 Å². The molecule has 1 N–H and O–H groups in total. The van der Waals surface area contributed by atoms with E-state index in [2.05, 4.69) is 40.0 Å². The molecule has 3 nitrogen and oxygen atoms in total. The number of ether oxygens (including phenoxy) is 1. The van der Waals surface area contributed by atoms with Gasteiger partial charge in [-0.05, 0) is 52.7 Å². The molecule has 0 radical (unpaired) electrons. The van der Waals surface area contributed by atoms with Gasteiger partial charge in [-0.25, -0.2) is 0 Å². The van der Waals surface area contributed by atoms with Gasteiger partial charge in [0.2, 0.25) is 0 Å². The molecule has 2 atom stereocenters. The number of halogens is 1. The van der Waals surface area contributed by atoms with Crippen LogP contribution in [-0.2, 0) is 16.0 Å². The predicted molar refractivity (Wildman–Crippen MR) is 74.8 cm³/mol. The fourth-order valence-electron chi connectivity index (χ4n) is 2.36. The highest BCUT2D eigenvalue weighted by Gasteiger charge is 2.30. The van der Waals surface area contributed by atoms with E-state index in [1.165, 1.54) is 21.8 Å². The molecule has 0 saturated carbocycles. The second-order valence-electron chi connectivity index (χ2n) is 4.30. The van der Waals surface area contributed by atoms with E-state index in [0.29, 0.717) is 0 Å². The summed E-state index contributed by atoms with van der Waals surface area (Å²) in [6, 6.07) is 6.34. The number of esters is 1. The monoisotopic (exact) mass is 345 g/mol. The van der Waals surface area contributed by atoms with Crippen molar-refractivity contribution in [1.29, 1.82) is 0 Å². The van der Waals surface area contributed by atoms with Crippen LogP contribution in [-0.4, -0.2) is 19.6 Å². The van der Waals surface area contributed by atoms with E-state index < -0.39 is 0 Å². The fourth-order valence-corrected chi connectivity index (χ4v) is 3.15. The molecule has 1 aliphatic heterocycles. The Hall–Kier alpha value is -0.620. The minimum atomic E-state index is -0.158. The summed E-state index contributed by atoms with van der Waals surface area (Å²) in [5, 5.41) is 3.41. The Morgan fingerprint density at radius 2 is 2.35 bits per heavy atom. The van der Waals surface area contributed by atoms with Crippen LogP contribution in [0.4, 0.5) is 0 Å². The Balaban J connectivity index is 2.35. The van der Waals surface area contributed by atoms with Gasteiger partial charge in [0.05, 0.1) is 13.0 Å². The molecular formula is C13H16INO2. The molecule has 1 heterocycles. The highest BCUT2D eigenvalue weighted by molar-refractivity contribution is 14.1. The van der Waals surface area contributed by atoms with Crippen molar-refractivity contribution >= 4 is 28.6 Å². The van der Waals surface area contributed by atoms with Crippen molar-refractivity contribution < 1.29 is 9.53 Å². The first-order valence-corrected chi connectivity index (χ1v) is 6.81. The van der Waals surface area contributed by atoms with Gasteiger partial charge < -0.3 is 10.1 Å². The molecule has 0 bridgehead atoms. The molecule has 1 aliphatic rings. The van der Waals surface area contributed by atoms with Crippen molar-refractivity contribution in [1.82, 2.24) is 5.32 Å². The zero-order chi connectivity index (χ0) is 12.4. The number of hydrogen-bond acceptors (Lipinski definition) is 3. The third-order valence-electron chi connectivity index (χ3n) is 3.30. The van der Waals surface area contributed by atoms with Gasteiger partial charge in [-0.1, -0.05) is 19.1 Å². The number of benzene rings is 1. The summed E-state index contributed by atoms with van der Waals surface area (Å²) in [5.41, 5.74) is 2.61. The summed E-state index contributed by atoms with van der Waals surface area (Å²) in [5.74, 6) is -0.313. The largest absolute Gasteiger partial charge is 0.469 e. The van der Waals surface area contributed by atoms with Crippen LogP contribution < -0.4 is 5.32 Å². The number of carbonyl (C=O) groups excluding carboxylic acids is 1. The van der Waals surface area contributed by atoms with Gasteiger partial charge in [0.15, 0.2) is 0 Å². The summed E-state index contributed by atoms with van der Waals surface area (Å²) in [4.78, 5) is 11.6. The molecule has 0 fully saturated rings. The molecule has 0 aromatic heterocycles. The minimum Gasteiger partial charge on any atom is -0.469 e. The zero-order valence-electron chi connectivity index (χ0n) is 10.00. The van der Waals surface area contributed by atoms with Crippen molar-refractivity contribution in [2.75, 3.05) is 13.7 Å². The maximum atomic E-state index is 11.6. The Labute approximate surface area is 115 Å². The number of methoxy groups -OCH3 is 1. The van der Waals surface area contributed by atoms with Crippen molar-refractivity contribution in [3.8, 4) is 0 Å². The number of rotatable bonds is 2. The van der Waals surface area contributed by atoms with Gasteiger partial charge >= 0.3 is 5.97 Å². The molecule has 2 rings (SSSR count). The van der Waals surface area contributed by atoms with Gasteiger partial charge in [0, 0.05) is 9.61 Å². The Morgan fingerprint density at radius 1 is 1.59 bits per heavy atom. The maximum absolute atomic E-state index is 11.6. The topological polar surface area (TPSA) is 38.3 Å². The maximum Gasteiger partial charge on any atom is 0.310 e. The average Bonchev–Trinajstić information content (AvgIpc) is 2.37. The summed E-state index contributed by atoms with van der Waals surface area (Å²) < 4.78 is 6.11. The van der Waals surface area contributed by atoms with Crippen molar-refractivity contribution in [3.63, 3.8) is 0 Å². The van der Waals surface area contributed by atoms with E-state index in [1.54, 1.807) is 0 Å². The highest BCUT2D eigenvalue weighted by Crippen LogP contribution is 2.31. The fraction of sp³-hybridized carbons (Fsp3) is 0.462. The van der Waals surface area contributed by atoms with Crippen molar-refractivity contribution in [3.05, 3.63) is 32.9 Å². The number of nitrogens with one attached hydrogen (secondary N) is 1. The lowest BCUT2D eigenvalue weighted by Gasteiger charge is -2.30. The summed E-state index contributed by atoms with van der Waals surface area (Å²) in [6.07, 6.45) is 1.03. The van der Waals surface area contributed by atoms with Crippen LogP contribution in [0.1, 0.15) is 24.1 Å². The first kappa shape index (κ1) is 12.8. The lowest BCUT2D eigenvalue weighted by atomic mass is 9.87. The molecule has 1 aromatic carbocycles. The summed E-state index contributed by atoms with van der Waals surface area (Å²) in [6.45, 7) is 2.83. The van der Waals surface area contributed by atoms with Crippen molar-refractivity contribution in [2.24, 2.45) is 5.92 Å². The standard InChI is InChI=1S/C13H16INO2/c1-8(13(16)17-2)12-10-4-3-5-11(14)9(10)6-7-15-12/h3-5,8,12,15H,6-7H2,1-2H3. The first-order chi connectivity index (χ1) is 8.15. The van der Waals surface area contributed by atoms with Gasteiger partial charge in [-0.15, -0.1) is 0 Å². The van der Waals surface area contributed by atoms with E-state index in [0.717, 1.165) is 13.0 Å². The second kappa shape index (κ2) is 5.35. The normalized spacial score (nSPS) is 20.5. The Bertz CT molecular complexity index is 433. The van der Waals surface area contributed by atoms with Crippen LogP contribution in [0.15, 0.2) is 18.2 Å². The Morgan fingerprint density at radius 3 is 3.06 bits per heavy atom. The van der Waals surface area contributed by atoms with E-state index in [-0.39, 0.29) is 17.9 Å². The lowest BCUT2D eigenvalue weighted by molar-refractivity contribution is -0.146. The van der Waals surface area contributed by atoms with Crippen LogP contribution in [0.25, 0.3) is 0 Å². The third-order valence-corrected chi connectivity index (χ3v) is 4.31. The average molecular weight is 345 g/mol. The molecule has 0 spiro atoms. The first-order valence-electron chi connectivity index (χ1n) is 5.73. The molecule has 1 aromatic rings. The second-order valence-corrected chi connectivity index (χ2v) is 5.46. The SMILES string of the molecule is COC(=O)C(C)C1NCCc2c(I)cccc21. The van der Waals surface area contributed by atoms with Crippen LogP contribution in [0.5, 0.6) is 0 Å². The number of hydrogen-bond donors (Lipinski definition) is 1. The molecular weight excluding hydrogens is 329 g/mol. The molecule has 0 amide bonds. The van der Waals surface area contributed by atoms with E-state index in [1.807, 2.05) is 13.0 Å². The van der Waals surface area contributed by atoms with Crippen LogP contribution in [0, 0.1) is 9.49 Å². The van der Waals surface area contributed by atoms with Crippen LogP contribution in [0.3, 0.4) is 0 Å². The highest BCUT2D eigenvalue weighted by atomic mass is 127. The smallest absolute Gasteiger partial charge is 0.310 e. The number of carbonyl (C=O) groups is 1. The quantitative estimate of drug-likeness (QED) is 0.660. The summed E-state index contributed by atoms with van der Waals surface area (Å²) in [7, 11) is 1.44. The van der Waals surface area contributed by atoms with Crippen molar-refractivity contribution in [2.45, 2.75) is 19.4 Å².